The van der Waals surface area contributed by atoms with E-state index in [1.807, 2.05) is 60.7 Å². The molecule has 4 saturated carbocycles. The number of nitrogens with zero attached hydrogens (tertiary/aromatic N) is 4. The fourth-order valence-electron chi connectivity index (χ4n) is 10.5. The van der Waals surface area contributed by atoms with Crippen LogP contribution in [0, 0.1) is 101 Å². The Kier molecular flexibility index (Phi) is 8.01. The molecule has 4 aliphatic carbocycles. The van der Waals surface area contributed by atoms with Crippen molar-refractivity contribution in [1.82, 2.24) is 0 Å². The molecule has 2 aromatic rings. The molecule has 0 N–H and O–H groups in total. The van der Waals surface area contributed by atoms with E-state index in [0.717, 1.165) is 36.8 Å². The third-order valence-corrected chi connectivity index (χ3v) is 14.2. The summed E-state index contributed by atoms with van der Waals surface area (Å²) in [5.74, 6) is 1.65. The van der Waals surface area contributed by atoms with E-state index in [0.29, 0.717) is 24.7 Å². The van der Waals surface area contributed by atoms with Gasteiger partial charge in [-0.25, -0.2) is 0 Å². The quantitative estimate of drug-likeness (QED) is 0.338. The van der Waals surface area contributed by atoms with E-state index >= 15 is 0 Å². The predicted octanol–water partition coefficient (Wildman–Crippen LogP) is 9.45. The van der Waals surface area contributed by atoms with Crippen molar-refractivity contribution in [1.29, 1.82) is 21.0 Å². The lowest BCUT2D eigenvalue weighted by Gasteiger charge is -2.44. The minimum atomic E-state index is -0.900. The minimum Gasteiger partial charge on any atom is -0.197 e. The lowest BCUT2D eigenvalue weighted by atomic mass is 9.57. The van der Waals surface area contributed by atoms with Crippen molar-refractivity contribution in [3.8, 4) is 24.3 Å². The molecule has 4 nitrogen and oxygen atoms in total. The van der Waals surface area contributed by atoms with Gasteiger partial charge in [0.25, 0.3) is 0 Å². The maximum atomic E-state index is 9.94. The van der Waals surface area contributed by atoms with Crippen LogP contribution in [0.4, 0.5) is 0 Å². The molecule has 4 fully saturated rings. The summed E-state index contributed by atoms with van der Waals surface area (Å²) >= 11 is 0. The number of fused-ring (bicyclic) bond motifs is 4. The zero-order valence-electron chi connectivity index (χ0n) is 27.5. The van der Waals surface area contributed by atoms with Gasteiger partial charge in [-0.3, -0.25) is 0 Å². The molecule has 0 radical (unpaired) electrons. The standard InChI is InChI=1S/2C20H24N2/c2*1-18(2)16-9-10-19(18,3)17(11-16)20(13-21,14-22)12-15-7-5-4-6-8-15/h2*4-8,16-17H,9-12H2,1-3H3/t2*16-,17-,19+/m00/s1. The molecule has 6 atom stereocenters. The summed E-state index contributed by atoms with van der Waals surface area (Å²) in [6.07, 6.45) is 7.93. The van der Waals surface area contributed by atoms with Crippen LogP contribution in [0.1, 0.15) is 91.2 Å². The van der Waals surface area contributed by atoms with Gasteiger partial charge in [-0.1, -0.05) is 102 Å². The van der Waals surface area contributed by atoms with E-state index in [1.165, 1.54) is 12.8 Å². The van der Waals surface area contributed by atoms with E-state index in [1.54, 1.807) is 0 Å². The average Bonchev–Trinajstić information content (AvgIpc) is 3.56. The van der Waals surface area contributed by atoms with Gasteiger partial charge in [-0.05, 0) is 95.0 Å². The van der Waals surface area contributed by atoms with Crippen molar-refractivity contribution in [3.05, 3.63) is 71.8 Å². The zero-order chi connectivity index (χ0) is 32.0. The molecule has 0 heterocycles. The maximum absolute atomic E-state index is 9.94. The van der Waals surface area contributed by atoms with Gasteiger partial charge in [-0.2, -0.15) is 21.0 Å². The molecule has 2 aromatic carbocycles. The van der Waals surface area contributed by atoms with Gasteiger partial charge in [0, 0.05) is 12.8 Å². The largest absolute Gasteiger partial charge is 0.197 e. The fraction of sp³-hybridized carbons (Fsp3) is 0.600. The van der Waals surface area contributed by atoms with Crippen LogP contribution in [0.3, 0.4) is 0 Å². The normalized spacial score (nSPS) is 32.4. The molecule has 0 aromatic heterocycles. The van der Waals surface area contributed by atoms with Crippen LogP contribution in [0.15, 0.2) is 60.7 Å². The Morgan fingerprint density at radius 2 is 0.886 bits per heavy atom. The first-order chi connectivity index (χ1) is 20.8. The van der Waals surface area contributed by atoms with Crippen LogP contribution < -0.4 is 0 Å². The lowest BCUT2D eigenvalue weighted by Crippen LogP contribution is -2.42. The van der Waals surface area contributed by atoms with Crippen LogP contribution in [0.2, 0.25) is 0 Å². The van der Waals surface area contributed by atoms with E-state index < -0.39 is 10.8 Å². The first kappa shape index (κ1) is 31.8. The first-order valence-electron chi connectivity index (χ1n) is 16.5. The van der Waals surface area contributed by atoms with Crippen molar-refractivity contribution in [2.45, 2.75) is 92.9 Å². The highest BCUT2D eigenvalue weighted by Gasteiger charge is 2.67. The monoisotopic (exact) mass is 584 g/mol. The molecule has 0 saturated heterocycles. The summed E-state index contributed by atoms with van der Waals surface area (Å²) in [4.78, 5) is 0. The van der Waals surface area contributed by atoms with Gasteiger partial charge in [0.15, 0.2) is 10.8 Å². The second kappa shape index (κ2) is 11.1. The van der Waals surface area contributed by atoms with Crippen molar-refractivity contribution >= 4 is 0 Å². The molecule has 6 rings (SSSR count). The number of hydrogen-bond acceptors (Lipinski definition) is 4. The Morgan fingerprint density at radius 3 is 1.11 bits per heavy atom. The summed E-state index contributed by atoms with van der Waals surface area (Å²) in [5.41, 5.74) is 1.03. The molecule has 44 heavy (non-hydrogen) atoms. The summed E-state index contributed by atoms with van der Waals surface area (Å²) in [6, 6.07) is 29.8. The van der Waals surface area contributed by atoms with Crippen LogP contribution in [0.5, 0.6) is 0 Å². The van der Waals surface area contributed by atoms with Gasteiger partial charge in [0.1, 0.15) is 0 Å². The third-order valence-electron chi connectivity index (χ3n) is 14.2. The Morgan fingerprint density at radius 1 is 0.568 bits per heavy atom. The smallest absolute Gasteiger partial charge is 0.151 e. The summed E-state index contributed by atoms with van der Waals surface area (Å²) in [7, 11) is 0. The van der Waals surface area contributed by atoms with Gasteiger partial charge in [-0.15, -0.1) is 0 Å². The summed E-state index contributed by atoms with van der Waals surface area (Å²) in [6.45, 7) is 14.0. The molecular formula is C40H48N4. The van der Waals surface area contributed by atoms with Crippen molar-refractivity contribution < 1.29 is 0 Å². The molecule has 0 unspecified atom stereocenters. The molecule has 228 valence electrons. The van der Waals surface area contributed by atoms with E-state index in [9.17, 15) is 21.0 Å². The number of benzene rings is 2. The molecule has 4 aliphatic rings. The number of nitriles is 4. The number of rotatable bonds is 6. The van der Waals surface area contributed by atoms with Crippen LogP contribution in [-0.2, 0) is 12.8 Å². The Bertz CT molecular complexity index is 1380. The highest BCUT2D eigenvalue weighted by Crippen LogP contribution is 2.72. The van der Waals surface area contributed by atoms with Gasteiger partial charge in [0.2, 0.25) is 0 Å². The van der Waals surface area contributed by atoms with Crippen LogP contribution >= 0.6 is 0 Å². The molecule has 4 bridgehead atoms. The highest BCUT2D eigenvalue weighted by molar-refractivity contribution is 5.31. The van der Waals surface area contributed by atoms with E-state index in [4.69, 9.17) is 0 Å². The van der Waals surface area contributed by atoms with Gasteiger partial charge in [0.05, 0.1) is 24.3 Å². The fourth-order valence-corrected chi connectivity index (χ4v) is 10.5. The Hall–Kier alpha value is -3.60. The molecule has 0 aliphatic heterocycles. The number of hydrogen-bond donors (Lipinski definition) is 0. The second-order valence-corrected chi connectivity index (χ2v) is 16.0. The SMILES string of the molecule is CC1(C)[C@H]2CC[C@]1(C)[C@@H](C(C#N)(C#N)Cc1ccccc1)C2.CC1(C)[C@H]2CC[C@]1(C)[C@@H](C(C#N)(C#N)Cc1ccccc1)C2. The third kappa shape index (κ3) is 4.57. The predicted molar refractivity (Wildman–Crippen MR) is 173 cm³/mol. The summed E-state index contributed by atoms with van der Waals surface area (Å²) < 4.78 is 0. The van der Waals surface area contributed by atoms with Gasteiger partial charge < -0.3 is 0 Å². The molecule has 0 amide bonds. The highest BCUT2D eigenvalue weighted by atomic mass is 14.7. The topological polar surface area (TPSA) is 95.2 Å². The average molecular weight is 585 g/mol. The van der Waals surface area contributed by atoms with Crippen molar-refractivity contribution in [3.63, 3.8) is 0 Å². The van der Waals surface area contributed by atoms with E-state index in [-0.39, 0.29) is 33.5 Å². The lowest BCUT2D eigenvalue weighted by molar-refractivity contribution is 0.0591. The Balaban J connectivity index is 0.000000175. The maximum Gasteiger partial charge on any atom is 0.151 e. The van der Waals surface area contributed by atoms with E-state index in [2.05, 4.69) is 65.8 Å². The van der Waals surface area contributed by atoms with Gasteiger partial charge >= 0.3 is 0 Å². The molecular weight excluding hydrogens is 536 g/mol. The Labute approximate surface area is 265 Å². The summed E-state index contributed by atoms with van der Waals surface area (Å²) in [5, 5.41) is 39.8. The second-order valence-electron chi connectivity index (χ2n) is 16.0. The van der Waals surface area contributed by atoms with Crippen LogP contribution in [0.25, 0.3) is 0 Å². The molecule has 4 heteroatoms. The minimum absolute atomic E-state index is 0.0951. The molecule has 0 spiro atoms. The van der Waals surface area contributed by atoms with Crippen LogP contribution in [-0.4, -0.2) is 0 Å². The van der Waals surface area contributed by atoms with Crippen molar-refractivity contribution in [2.24, 2.45) is 56.2 Å². The van der Waals surface area contributed by atoms with Crippen molar-refractivity contribution in [2.75, 3.05) is 0 Å². The zero-order valence-corrected chi connectivity index (χ0v) is 27.5. The first-order valence-corrected chi connectivity index (χ1v) is 16.5.